The Hall–Kier alpha value is -1.83. The normalized spacial score (nSPS) is 12.5. The molecule has 0 aliphatic heterocycles. The Morgan fingerprint density at radius 2 is 2.35 bits per heavy atom. The third kappa shape index (κ3) is 3.38. The Kier molecular flexibility index (Phi) is 4.78. The lowest BCUT2D eigenvalue weighted by Crippen LogP contribution is -2.17. The molecule has 0 bridgehead atoms. The van der Waals surface area contributed by atoms with Crippen LogP contribution in [0, 0.1) is 0 Å². The first-order valence-corrected chi connectivity index (χ1v) is 7.40. The van der Waals surface area contributed by atoms with Crippen LogP contribution in [0.2, 0.25) is 0 Å². The lowest BCUT2D eigenvalue weighted by Gasteiger charge is -2.10. The van der Waals surface area contributed by atoms with Gasteiger partial charge in [0.1, 0.15) is 11.6 Å². The maximum absolute atomic E-state index is 11.7. The molecule has 0 amide bonds. The lowest BCUT2D eigenvalue weighted by molar-refractivity contribution is 0.572. The van der Waals surface area contributed by atoms with E-state index in [0.717, 1.165) is 12.8 Å². The molecule has 8 heteroatoms. The van der Waals surface area contributed by atoms with Gasteiger partial charge < -0.3 is 5.73 Å². The summed E-state index contributed by atoms with van der Waals surface area (Å²) in [7, 11) is 0. The summed E-state index contributed by atoms with van der Waals surface area (Å²) in [4.78, 5) is 20.1. The van der Waals surface area contributed by atoms with E-state index < -0.39 is 0 Å². The molecule has 0 aromatic carbocycles. The van der Waals surface area contributed by atoms with Gasteiger partial charge in [0, 0.05) is 12.7 Å². The zero-order chi connectivity index (χ0) is 14.5. The summed E-state index contributed by atoms with van der Waals surface area (Å²) in [6, 6.07) is 1.65. The van der Waals surface area contributed by atoms with Gasteiger partial charge in [-0.3, -0.25) is 4.57 Å². The summed E-state index contributed by atoms with van der Waals surface area (Å²) in [6.07, 6.45) is 3.59. The molecule has 1 atom stereocenters. The smallest absolute Gasteiger partial charge is 0.343 e. The number of nitrogens with one attached hydrogen (secondary N) is 1. The van der Waals surface area contributed by atoms with Crippen molar-refractivity contribution in [1.82, 2.24) is 24.7 Å². The SMILES string of the molecule is CCCCn1c(S[C@@H](C)c2nccc(N)n2)n[nH]c1=O. The summed E-state index contributed by atoms with van der Waals surface area (Å²) >= 11 is 1.44. The molecular weight excluding hydrogens is 276 g/mol. The second-order valence-electron chi connectivity index (χ2n) is 4.42. The molecule has 3 N–H and O–H groups in total. The van der Waals surface area contributed by atoms with Gasteiger partial charge in [-0.1, -0.05) is 25.1 Å². The lowest BCUT2D eigenvalue weighted by atomic mass is 10.3. The van der Waals surface area contributed by atoms with Crippen molar-refractivity contribution < 1.29 is 0 Å². The Morgan fingerprint density at radius 3 is 3.05 bits per heavy atom. The highest BCUT2D eigenvalue weighted by molar-refractivity contribution is 7.99. The number of H-pyrrole nitrogens is 1. The van der Waals surface area contributed by atoms with Crippen molar-refractivity contribution in [3.05, 3.63) is 28.6 Å². The van der Waals surface area contributed by atoms with E-state index in [2.05, 4.69) is 27.1 Å². The van der Waals surface area contributed by atoms with Gasteiger partial charge >= 0.3 is 5.69 Å². The first-order chi connectivity index (χ1) is 9.61. The second-order valence-corrected chi connectivity index (χ2v) is 5.72. The first kappa shape index (κ1) is 14.6. The van der Waals surface area contributed by atoms with Crippen LogP contribution in [0.25, 0.3) is 0 Å². The predicted octanol–water partition coefficient (Wildman–Crippen LogP) is 1.60. The number of nitrogen functional groups attached to an aromatic ring is 1. The van der Waals surface area contributed by atoms with Crippen LogP contribution in [-0.4, -0.2) is 24.7 Å². The summed E-state index contributed by atoms with van der Waals surface area (Å²) in [5.41, 5.74) is 5.47. The van der Waals surface area contributed by atoms with Gasteiger partial charge in [-0.15, -0.1) is 5.10 Å². The standard InChI is InChI=1S/C12H18N6OS/c1-3-4-7-18-11(19)16-17-12(18)20-8(2)10-14-6-5-9(13)15-10/h5-6,8H,3-4,7H2,1-2H3,(H,16,19)(H2,13,14,15)/t8-/m0/s1. The van der Waals surface area contributed by atoms with Crippen LogP contribution in [0.1, 0.15) is 37.8 Å². The van der Waals surface area contributed by atoms with Crippen molar-refractivity contribution in [1.29, 1.82) is 0 Å². The number of hydrogen-bond acceptors (Lipinski definition) is 6. The molecule has 0 aliphatic rings. The highest BCUT2D eigenvalue weighted by atomic mass is 32.2. The number of aromatic amines is 1. The van der Waals surface area contributed by atoms with E-state index in [0.29, 0.717) is 23.3 Å². The van der Waals surface area contributed by atoms with Crippen molar-refractivity contribution in [3.63, 3.8) is 0 Å². The third-order valence-electron chi connectivity index (χ3n) is 2.80. The van der Waals surface area contributed by atoms with E-state index >= 15 is 0 Å². The fourth-order valence-corrected chi connectivity index (χ4v) is 2.64. The Balaban J connectivity index is 2.15. The van der Waals surface area contributed by atoms with Crippen molar-refractivity contribution in [2.45, 2.75) is 43.6 Å². The van der Waals surface area contributed by atoms with Crippen molar-refractivity contribution in [3.8, 4) is 0 Å². The fourth-order valence-electron chi connectivity index (χ4n) is 1.70. The van der Waals surface area contributed by atoms with E-state index in [1.807, 2.05) is 6.92 Å². The van der Waals surface area contributed by atoms with Crippen LogP contribution in [0.3, 0.4) is 0 Å². The molecule has 0 spiro atoms. The molecule has 0 radical (unpaired) electrons. The van der Waals surface area contributed by atoms with E-state index in [4.69, 9.17) is 5.73 Å². The molecule has 0 fully saturated rings. The van der Waals surface area contributed by atoms with Gasteiger partial charge in [0.15, 0.2) is 5.16 Å². The number of anilines is 1. The van der Waals surface area contributed by atoms with E-state index in [9.17, 15) is 4.79 Å². The highest BCUT2D eigenvalue weighted by Crippen LogP contribution is 2.31. The minimum Gasteiger partial charge on any atom is -0.384 e. The second kappa shape index (κ2) is 6.56. The molecule has 0 saturated carbocycles. The molecule has 7 nitrogen and oxygen atoms in total. The zero-order valence-electron chi connectivity index (χ0n) is 11.5. The summed E-state index contributed by atoms with van der Waals surface area (Å²) in [5, 5.41) is 7.16. The highest BCUT2D eigenvalue weighted by Gasteiger charge is 2.16. The average Bonchev–Trinajstić information content (AvgIpc) is 2.77. The third-order valence-corrected chi connectivity index (χ3v) is 3.89. The van der Waals surface area contributed by atoms with Gasteiger partial charge in [0.25, 0.3) is 0 Å². The number of nitrogens with zero attached hydrogens (tertiary/aromatic N) is 4. The molecule has 2 aromatic heterocycles. The minimum absolute atomic E-state index is 0.0333. The van der Waals surface area contributed by atoms with Gasteiger partial charge in [-0.2, -0.15) is 0 Å². The minimum atomic E-state index is -0.179. The van der Waals surface area contributed by atoms with Crippen molar-refractivity contribution in [2.24, 2.45) is 0 Å². The molecule has 20 heavy (non-hydrogen) atoms. The largest absolute Gasteiger partial charge is 0.384 e. The number of rotatable bonds is 6. The summed E-state index contributed by atoms with van der Waals surface area (Å²) < 4.78 is 1.65. The van der Waals surface area contributed by atoms with Gasteiger partial charge in [0.05, 0.1) is 5.25 Å². The van der Waals surface area contributed by atoms with Crippen molar-refractivity contribution in [2.75, 3.05) is 5.73 Å². The Bertz CT molecular complexity index is 622. The summed E-state index contributed by atoms with van der Waals surface area (Å²) in [6.45, 7) is 4.71. The fraction of sp³-hybridized carbons (Fsp3) is 0.500. The molecule has 2 rings (SSSR count). The number of nitrogens with two attached hydrogens (primary N) is 1. The van der Waals surface area contributed by atoms with Crippen LogP contribution in [0.4, 0.5) is 5.82 Å². The quantitative estimate of drug-likeness (QED) is 0.784. The van der Waals surface area contributed by atoms with E-state index in [1.54, 1.807) is 16.8 Å². The van der Waals surface area contributed by atoms with Crippen LogP contribution in [0.5, 0.6) is 0 Å². The molecule has 2 heterocycles. The van der Waals surface area contributed by atoms with Gasteiger partial charge in [-0.25, -0.2) is 19.9 Å². The molecule has 0 saturated heterocycles. The molecule has 0 unspecified atom stereocenters. The van der Waals surface area contributed by atoms with E-state index in [1.165, 1.54) is 11.8 Å². The Morgan fingerprint density at radius 1 is 1.55 bits per heavy atom. The number of unbranched alkanes of at least 4 members (excludes halogenated alkanes) is 1. The number of hydrogen-bond donors (Lipinski definition) is 2. The van der Waals surface area contributed by atoms with Gasteiger partial charge in [0.2, 0.25) is 0 Å². The van der Waals surface area contributed by atoms with E-state index in [-0.39, 0.29) is 10.9 Å². The first-order valence-electron chi connectivity index (χ1n) is 6.52. The van der Waals surface area contributed by atoms with Crippen LogP contribution in [0.15, 0.2) is 22.2 Å². The number of aromatic nitrogens is 5. The maximum Gasteiger partial charge on any atom is 0.343 e. The average molecular weight is 294 g/mol. The Labute approximate surface area is 121 Å². The monoisotopic (exact) mass is 294 g/mol. The van der Waals surface area contributed by atoms with Crippen molar-refractivity contribution >= 4 is 17.6 Å². The maximum atomic E-state index is 11.7. The molecule has 0 aliphatic carbocycles. The molecule has 108 valence electrons. The molecule has 2 aromatic rings. The van der Waals surface area contributed by atoms with Gasteiger partial charge in [-0.05, 0) is 19.4 Å². The summed E-state index contributed by atoms with van der Waals surface area (Å²) in [5.74, 6) is 1.07. The zero-order valence-corrected chi connectivity index (χ0v) is 12.4. The van der Waals surface area contributed by atoms with Crippen LogP contribution >= 0.6 is 11.8 Å². The topological polar surface area (TPSA) is 102 Å². The number of thioether (sulfide) groups is 1. The predicted molar refractivity (Wildman–Crippen MR) is 78.5 cm³/mol. The van der Waals surface area contributed by atoms with Crippen LogP contribution in [-0.2, 0) is 6.54 Å². The molecular formula is C12H18N6OS. The van der Waals surface area contributed by atoms with Crippen LogP contribution < -0.4 is 11.4 Å².